The van der Waals surface area contributed by atoms with Gasteiger partial charge in [-0.05, 0) is 18.8 Å². The molecule has 0 aromatic heterocycles. The summed E-state index contributed by atoms with van der Waals surface area (Å²) in [5.74, 6) is -1.62. The van der Waals surface area contributed by atoms with Crippen LogP contribution in [0.2, 0.25) is 0 Å². The third-order valence-electron chi connectivity index (χ3n) is 3.83. The first-order valence-electron chi connectivity index (χ1n) is 7.04. The van der Waals surface area contributed by atoms with Gasteiger partial charge in [-0.25, -0.2) is 0 Å². The van der Waals surface area contributed by atoms with Crippen LogP contribution in [0, 0.1) is 11.8 Å². The van der Waals surface area contributed by atoms with Gasteiger partial charge in [0.2, 0.25) is 5.91 Å². The Hall–Kier alpha value is -1.06. The molecule has 1 fully saturated rings. The number of carboxylic acids is 1. The lowest BCUT2D eigenvalue weighted by atomic mass is 9.82. The van der Waals surface area contributed by atoms with E-state index in [0.29, 0.717) is 18.9 Å². The highest BCUT2D eigenvalue weighted by Crippen LogP contribution is 2.29. The van der Waals surface area contributed by atoms with E-state index in [1.165, 1.54) is 19.3 Å². The van der Waals surface area contributed by atoms with Gasteiger partial charge in [-0.15, -0.1) is 0 Å². The molecule has 104 valence electrons. The van der Waals surface area contributed by atoms with Crippen LogP contribution < -0.4 is 0 Å². The molecule has 0 radical (unpaired) electrons. The van der Waals surface area contributed by atoms with Crippen LogP contribution in [0.5, 0.6) is 0 Å². The molecule has 1 N–H and O–H groups in total. The molecule has 1 unspecified atom stereocenters. The van der Waals surface area contributed by atoms with Crippen molar-refractivity contribution in [3.63, 3.8) is 0 Å². The second-order valence-electron chi connectivity index (χ2n) is 5.39. The summed E-state index contributed by atoms with van der Waals surface area (Å²) < 4.78 is 0. The van der Waals surface area contributed by atoms with Gasteiger partial charge >= 0.3 is 5.97 Å². The van der Waals surface area contributed by atoms with Crippen molar-refractivity contribution in [2.45, 2.75) is 51.9 Å². The van der Waals surface area contributed by atoms with Crippen LogP contribution in [0.3, 0.4) is 0 Å². The number of aliphatic carboxylic acids is 1. The van der Waals surface area contributed by atoms with Crippen LogP contribution >= 0.6 is 0 Å². The van der Waals surface area contributed by atoms with Gasteiger partial charge in [0.15, 0.2) is 0 Å². The van der Waals surface area contributed by atoms with Crippen LogP contribution in [0.15, 0.2) is 0 Å². The first-order valence-corrected chi connectivity index (χ1v) is 7.04. The molecule has 0 heterocycles. The Morgan fingerprint density at radius 1 is 1.28 bits per heavy atom. The second kappa shape index (κ2) is 7.39. The number of carbonyl (C=O) groups excluding carboxylic acids is 1. The number of carbonyl (C=O) groups is 2. The number of amides is 1. The van der Waals surface area contributed by atoms with Gasteiger partial charge < -0.3 is 10.0 Å². The Bertz CT molecular complexity index is 285. The van der Waals surface area contributed by atoms with Gasteiger partial charge in [0.25, 0.3) is 0 Å². The van der Waals surface area contributed by atoms with Crippen LogP contribution in [0.1, 0.15) is 51.9 Å². The van der Waals surface area contributed by atoms with Crippen molar-refractivity contribution in [1.29, 1.82) is 0 Å². The quantitative estimate of drug-likeness (QED) is 0.742. The van der Waals surface area contributed by atoms with E-state index in [2.05, 4.69) is 0 Å². The van der Waals surface area contributed by atoms with E-state index in [1.54, 1.807) is 11.9 Å². The Morgan fingerprint density at radius 2 is 1.89 bits per heavy atom. The molecule has 0 aliphatic heterocycles. The average Bonchev–Trinajstić information content (AvgIpc) is 2.36. The predicted molar refractivity (Wildman–Crippen MR) is 70.2 cm³/mol. The summed E-state index contributed by atoms with van der Waals surface area (Å²) in [4.78, 5) is 24.9. The fourth-order valence-corrected chi connectivity index (χ4v) is 2.78. The zero-order valence-corrected chi connectivity index (χ0v) is 11.5. The van der Waals surface area contributed by atoms with E-state index in [-0.39, 0.29) is 5.91 Å². The molecule has 0 spiro atoms. The summed E-state index contributed by atoms with van der Waals surface area (Å²) in [5.41, 5.74) is 0. The first kappa shape index (κ1) is 15.0. The maximum Gasteiger partial charge on any atom is 0.316 e. The Morgan fingerprint density at radius 3 is 2.39 bits per heavy atom. The van der Waals surface area contributed by atoms with E-state index >= 15 is 0 Å². The van der Waals surface area contributed by atoms with Crippen LogP contribution in [0.25, 0.3) is 0 Å². The van der Waals surface area contributed by atoms with Crippen LogP contribution in [-0.2, 0) is 9.59 Å². The lowest BCUT2D eigenvalue weighted by Gasteiger charge is -2.26. The zero-order valence-electron chi connectivity index (χ0n) is 11.5. The minimum atomic E-state index is -0.964. The molecule has 1 amide bonds. The second-order valence-corrected chi connectivity index (χ2v) is 5.39. The van der Waals surface area contributed by atoms with Crippen molar-refractivity contribution in [1.82, 2.24) is 4.90 Å². The molecule has 4 heteroatoms. The van der Waals surface area contributed by atoms with Crippen molar-refractivity contribution in [2.24, 2.45) is 11.8 Å². The summed E-state index contributed by atoms with van der Waals surface area (Å²) in [6.07, 6.45) is 7.13. The van der Waals surface area contributed by atoms with Gasteiger partial charge in [0.1, 0.15) is 5.92 Å². The summed E-state index contributed by atoms with van der Waals surface area (Å²) in [7, 11) is 1.70. The van der Waals surface area contributed by atoms with Crippen molar-refractivity contribution in [2.75, 3.05) is 13.6 Å². The van der Waals surface area contributed by atoms with Crippen molar-refractivity contribution in [3.05, 3.63) is 0 Å². The molecule has 0 saturated heterocycles. The monoisotopic (exact) mass is 255 g/mol. The van der Waals surface area contributed by atoms with Crippen molar-refractivity contribution < 1.29 is 14.7 Å². The van der Waals surface area contributed by atoms with E-state index in [9.17, 15) is 14.7 Å². The van der Waals surface area contributed by atoms with E-state index in [4.69, 9.17) is 0 Å². The van der Waals surface area contributed by atoms with Crippen molar-refractivity contribution >= 4 is 11.9 Å². The largest absolute Gasteiger partial charge is 0.481 e. The van der Waals surface area contributed by atoms with Gasteiger partial charge in [0, 0.05) is 13.6 Å². The van der Waals surface area contributed by atoms with E-state index < -0.39 is 11.9 Å². The van der Waals surface area contributed by atoms with Crippen molar-refractivity contribution in [3.8, 4) is 0 Å². The van der Waals surface area contributed by atoms with E-state index in [1.807, 2.05) is 6.92 Å². The maximum absolute atomic E-state index is 12.1. The third kappa shape index (κ3) is 4.31. The lowest BCUT2D eigenvalue weighted by molar-refractivity contribution is -0.151. The maximum atomic E-state index is 12.1. The summed E-state index contributed by atoms with van der Waals surface area (Å²) in [6, 6.07) is 0. The summed E-state index contributed by atoms with van der Waals surface area (Å²) >= 11 is 0. The zero-order chi connectivity index (χ0) is 13.5. The van der Waals surface area contributed by atoms with Gasteiger partial charge in [-0.2, -0.15) is 0 Å². The number of nitrogens with zero attached hydrogens (tertiary/aromatic N) is 1. The molecule has 0 aromatic carbocycles. The molecule has 4 nitrogen and oxygen atoms in total. The molecule has 1 saturated carbocycles. The number of rotatable bonds is 6. The minimum Gasteiger partial charge on any atom is -0.481 e. The molecule has 18 heavy (non-hydrogen) atoms. The summed E-state index contributed by atoms with van der Waals surface area (Å²) in [5, 5.41) is 9.24. The van der Waals surface area contributed by atoms with Gasteiger partial charge in [-0.3, -0.25) is 9.59 Å². The summed E-state index contributed by atoms with van der Waals surface area (Å²) in [6.45, 7) is 2.62. The molecule has 1 aliphatic carbocycles. The SMILES string of the molecule is CCCN(C)C(=O)C(CC1CCCCC1)C(=O)O. The molecule has 1 atom stereocenters. The fourth-order valence-electron chi connectivity index (χ4n) is 2.78. The average molecular weight is 255 g/mol. The Kier molecular flexibility index (Phi) is 6.16. The van der Waals surface area contributed by atoms with Crippen LogP contribution in [0.4, 0.5) is 0 Å². The first-order chi connectivity index (χ1) is 8.56. The molecular weight excluding hydrogens is 230 g/mol. The standard InChI is InChI=1S/C14H25NO3/c1-3-9-15(2)13(16)12(14(17)18)10-11-7-5-4-6-8-11/h11-12H,3-10H2,1-2H3,(H,17,18). The Balaban J connectivity index is 2.58. The van der Waals surface area contributed by atoms with Gasteiger partial charge in [-0.1, -0.05) is 39.0 Å². The lowest BCUT2D eigenvalue weighted by Crippen LogP contribution is -2.38. The fraction of sp³-hybridized carbons (Fsp3) is 0.857. The molecule has 0 bridgehead atoms. The third-order valence-corrected chi connectivity index (χ3v) is 3.83. The minimum absolute atomic E-state index is 0.227. The highest BCUT2D eigenvalue weighted by molar-refractivity contribution is 5.96. The Labute approximate surface area is 109 Å². The highest BCUT2D eigenvalue weighted by Gasteiger charge is 2.31. The van der Waals surface area contributed by atoms with E-state index in [0.717, 1.165) is 19.3 Å². The molecule has 1 rings (SSSR count). The van der Waals surface area contributed by atoms with Gasteiger partial charge in [0.05, 0.1) is 0 Å². The highest BCUT2D eigenvalue weighted by atomic mass is 16.4. The predicted octanol–water partition coefficient (Wildman–Crippen LogP) is 2.53. The normalized spacial score (nSPS) is 18.3. The number of carboxylic acid groups (broad SMARTS) is 1. The topological polar surface area (TPSA) is 57.6 Å². The van der Waals surface area contributed by atoms with Crippen LogP contribution in [-0.4, -0.2) is 35.5 Å². The number of hydrogen-bond donors (Lipinski definition) is 1. The molecule has 1 aliphatic rings. The molecular formula is C14H25NO3. The number of hydrogen-bond acceptors (Lipinski definition) is 2. The smallest absolute Gasteiger partial charge is 0.316 e. The molecule has 0 aromatic rings.